The molecule has 0 aliphatic carbocycles. The molecular formula is C27H30N4O5. The van der Waals surface area contributed by atoms with Crippen LogP contribution in [0.2, 0.25) is 0 Å². The standard InChI is InChI=1S/C27H30N4O5/c1-17-21(16-28-31(17)18-9-7-6-8-10-18)25(32)23-24(20-15-19(35-4)11-12-22(20)36-5)30(14-13-29(2)3)27(34)26(23)33/h6-12,15-16,24,32H,13-14H2,1-5H3/b25-23+. The van der Waals surface area contributed by atoms with Crippen molar-refractivity contribution in [1.82, 2.24) is 14.7 Å². The van der Waals surface area contributed by atoms with E-state index in [-0.39, 0.29) is 17.7 Å². The maximum atomic E-state index is 13.9. The van der Waals surface area contributed by atoms with Crippen molar-refractivity contribution in [2.75, 3.05) is 41.4 Å². The molecule has 1 N–H and O–H groups in total. The summed E-state index contributed by atoms with van der Waals surface area (Å²) in [7, 11) is 6.95. The summed E-state index contributed by atoms with van der Waals surface area (Å²) in [4.78, 5) is 29.1. The third kappa shape index (κ3) is 4.45. The Kier molecular flexibility index (Phi) is 7.12. The average Bonchev–Trinajstić information content (AvgIpc) is 3.39. The number of likely N-dealkylation sites (tertiary alicyclic amines) is 1. The van der Waals surface area contributed by atoms with Gasteiger partial charge in [0.05, 0.1) is 59.3 Å². The van der Waals surface area contributed by atoms with Gasteiger partial charge in [-0.1, -0.05) is 24.0 Å². The van der Waals surface area contributed by atoms with Crippen LogP contribution in [-0.4, -0.2) is 67.8 Å². The van der Waals surface area contributed by atoms with Gasteiger partial charge in [-0.05, 0) is 37.3 Å². The number of amides is 1. The second-order valence-electron chi connectivity index (χ2n) is 8.93. The number of Topliss-reactive ketones (excluding diaryl/α,β-unsaturated/α-hetero) is 1. The Labute approximate surface area is 210 Å². The number of ketones is 1. The molecule has 9 nitrogen and oxygen atoms in total. The number of likely N-dealkylation sites (N-methyl/N-ethyl adjacent to an activating group) is 1. The summed E-state index contributed by atoms with van der Waals surface area (Å²) in [6, 6.07) is 13.6. The topological polar surface area (TPSA) is 101 Å². The zero-order valence-corrected chi connectivity index (χ0v) is 21.1. The van der Waals surface area contributed by atoms with E-state index in [1.807, 2.05) is 44.4 Å². The van der Waals surface area contributed by atoms with Crippen LogP contribution in [0.3, 0.4) is 0 Å². The van der Waals surface area contributed by atoms with Gasteiger partial charge in [-0.2, -0.15) is 5.10 Å². The lowest BCUT2D eigenvalue weighted by Gasteiger charge is -2.28. The molecule has 2 aromatic carbocycles. The van der Waals surface area contributed by atoms with E-state index in [1.54, 1.807) is 29.8 Å². The molecule has 1 saturated heterocycles. The monoisotopic (exact) mass is 490 g/mol. The highest BCUT2D eigenvalue weighted by molar-refractivity contribution is 6.46. The normalized spacial score (nSPS) is 17.2. The van der Waals surface area contributed by atoms with Gasteiger partial charge in [-0.15, -0.1) is 0 Å². The lowest BCUT2D eigenvalue weighted by Crippen LogP contribution is -3.06. The van der Waals surface area contributed by atoms with Crippen LogP contribution in [0.5, 0.6) is 11.5 Å². The second-order valence-corrected chi connectivity index (χ2v) is 8.93. The molecular weight excluding hydrogens is 460 g/mol. The fraction of sp³-hybridized carbons (Fsp3) is 0.296. The molecule has 0 spiro atoms. The van der Waals surface area contributed by atoms with Crippen LogP contribution < -0.4 is 19.5 Å². The fourth-order valence-electron chi connectivity index (χ4n) is 4.43. The van der Waals surface area contributed by atoms with Crippen molar-refractivity contribution >= 4 is 17.4 Å². The van der Waals surface area contributed by atoms with Crippen molar-refractivity contribution in [3.05, 3.63) is 77.1 Å². The highest BCUT2D eigenvalue weighted by atomic mass is 16.5. The van der Waals surface area contributed by atoms with E-state index in [4.69, 9.17) is 9.47 Å². The molecule has 0 radical (unpaired) electrons. The lowest BCUT2D eigenvalue weighted by atomic mass is 9.94. The Balaban J connectivity index is 1.91. The summed E-state index contributed by atoms with van der Waals surface area (Å²) in [5, 5.41) is 18.3. The van der Waals surface area contributed by atoms with E-state index >= 15 is 0 Å². The van der Waals surface area contributed by atoms with Crippen LogP contribution in [0.25, 0.3) is 11.4 Å². The number of aromatic nitrogens is 2. The van der Waals surface area contributed by atoms with Crippen LogP contribution in [0.15, 0.2) is 60.3 Å². The van der Waals surface area contributed by atoms with Gasteiger partial charge in [-0.3, -0.25) is 9.59 Å². The van der Waals surface area contributed by atoms with Gasteiger partial charge in [0.2, 0.25) is 5.78 Å². The predicted molar refractivity (Wildman–Crippen MR) is 132 cm³/mol. The second kappa shape index (κ2) is 10.2. The van der Waals surface area contributed by atoms with Crippen LogP contribution >= 0.6 is 0 Å². The molecule has 0 saturated carbocycles. The molecule has 1 aliphatic heterocycles. The van der Waals surface area contributed by atoms with Crippen molar-refractivity contribution < 1.29 is 29.1 Å². The molecule has 36 heavy (non-hydrogen) atoms. The molecule has 188 valence electrons. The molecule has 1 amide bonds. The summed E-state index contributed by atoms with van der Waals surface area (Å²) in [5.74, 6) is -1.07. The number of carbonyl (C=O) groups is 2. The SMILES string of the molecule is COc1ccc(OC)c(C2/C(=C(\[O-])c3cnn(-c4ccccc4)c3C)C(=O)C(=O)N2CC[NH+](C)C)c1. The van der Waals surface area contributed by atoms with Crippen LogP contribution in [0.4, 0.5) is 0 Å². The molecule has 2 heterocycles. The molecule has 1 atom stereocenters. The predicted octanol–water partition coefficient (Wildman–Crippen LogP) is 0.566. The lowest BCUT2D eigenvalue weighted by molar-refractivity contribution is -0.857. The summed E-state index contributed by atoms with van der Waals surface area (Å²) in [5.41, 5.74) is 2.03. The highest BCUT2D eigenvalue weighted by Gasteiger charge is 2.45. The number of nitrogens with one attached hydrogen (secondary N) is 1. The maximum absolute atomic E-state index is 13.9. The van der Waals surface area contributed by atoms with Crippen LogP contribution in [0.1, 0.15) is 22.9 Å². The molecule has 4 rings (SSSR count). The van der Waals surface area contributed by atoms with E-state index in [0.29, 0.717) is 29.3 Å². The van der Waals surface area contributed by atoms with Gasteiger partial charge in [0.1, 0.15) is 11.5 Å². The van der Waals surface area contributed by atoms with Gasteiger partial charge >= 0.3 is 0 Å². The summed E-state index contributed by atoms with van der Waals surface area (Å²) < 4.78 is 12.6. The average molecular weight is 491 g/mol. The zero-order valence-electron chi connectivity index (χ0n) is 21.1. The number of benzene rings is 2. The molecule has 1 unspecified atom stereocenters. The van der Waals surface area contributed by atoms with Crippen molar-refractivity contribution in [3.8, 4) is 17.2 Å². The summed E-state index contributed by atoms with van der Waals surface area (Å²) >= 11 is 0. The van der Waals surface area contributed by atoms with Crippen molar-refractivity contribution in [2.24, 2.45) is 0 Å². The van der Waals surface area contributed by atoms with E-state index in [2.05, 4.69) is 5.10 Å². The number of para-hydroxylation sites is 1. The van der Waals surface area contributed by atoms with Crippen LogP contribution in [0, 0.1) is 6.92 Å². The van der Waals surface area contributed by atoms with E-state index in [0.717, 1.165) is 10.6 Å². The smallest absolute Gasteiger partial charge is 0.295 e. The third-order valence-corrected chi connectivity index (χ3v) is 6.37. The number of rotatable bonds is 8. The fourth-order valence-corrected chi connectivity index (χ4v) is 4.43. The molecule has 1 aliphatic rings. The molecule has 0 bridgehead atoms. The molecule has 3 aromatic rings. The number of methoxy groups -OCH3 is 2. The van der Waals surface area contributed by atoms with Crippen molar-refractivity contribution in [1.29, 1.82) is 0 Å². The minimum Gasteiger partial charge on any atom is -0.872 e. The van der Waals surface area contributed by atoms with Crippen LogP contribution in [-0.2, 0) is 9.59 Å². The van der Waals surface area contributed by atoms with Gasteiger partial charge < -0.3 is 24.4 Å². The number of hydrogen-bond donors (Lipinski definition) is 1. The molecule has 1 fully saturated rings. The number of nitrogens with zero attached hydrogens (tertiary/aromatic N) is 3. The largest absolute Gasteiger partial charge is 0.872 e. The first-order valence-electron chi connectivity index (χ1n) is 11.7. The molecule has 9 heteroatoms. The number of carbonyl (C=O) groups excluding carboxylic acids is 2. The Morgan fingerprint density at radius 2 is 1.81 bits per heavy atom. The Morgan fingerprint density at radius 3 is 2.44 bits per heavy atom. The third-order valence-electron chi connectivity index (χ3n) is 6.37. The van der Waals surface area contributed by atoms with Gasteiger partial charge in [-0.25, -0.2) is 4.68 Å². The highest BCUT2D eigenvalue weighted by Crippen LogP contribution is 2.43. The summed E-state index contributed by atoms with van der Waals surface area (Å²) in [6.45, 7) is 2.65. The Hall–Kier alpha value is -4.11. The Morgan fingerprint density at radius 1 is 1.08 bits per heavy atom. The van der Waals surface area contributed by atoms with E-state index in [9.17, 15) is 14.7 Å². The number of hydrogen-bond acceptors (Lipinski definition) is 6. The summed E-state index contributed by atoms with van der Waals surface area (Å²) in [6.07, 6.45) is 1.45. The van der Waals surface area contributed by atoms with E-state index in [1.165, 1.54) is 25.3 Å². The van der Waals surface area contributed by atoms with Gasteiger partial charge in [0.15, 0.2) is 0 Å². The minimum atomic E-state index is -0.915. The minimum absolute atomic E-state index is 0.115. The van der Waals surface area contributed by atoms with Crippen molar-refractivity contribution in [3.63, 3.8) is 0 Å². The van der Waals surface area contributed by atoms with Crippen molar-refractivity contribution in [2.45, 2.75) is 13.0 Å². The maximum Gasteiger partial charge on any atom is 0.295 e. The number of ether oxygens (including phenoxy) is 2. The zero-order chi connectivity index (χ0) is 26.0. The Bertz CT molecular complexity index is 1310. The first-order valence-corrected chi connectivity index (χ1v) is 11.7. The number of quaternary nitrogens is 1. The van der Waals surface area contributed by atoms with Gasteiger partial charge in [0, 0.05) is 22.4 Å². The van der Waals surface area contributed by atoms with E-state index < -0.39 is 23.5 Å². The first-order chi connectivity index (χ1) is 17.3. The van der Waals surface area contributed by atoms with Gasteiger partial charge in [0.25, 0.3) is 5.91 Å². The quantitative estimate of drug-likeness (QED) is 0.282. The molecule has 1 aromatic heterocycles. The first kappa shape index (κ1) is 25.0.